The first-order valence-corrected chi connectivity index (χ1v) is 5.76. The van der Waals surface area contributed by atoms with Gasteiger partial charge in [0.05, 0.1) is 0 Å². The van der Waals surface area contributed by atoms with Crippen molar-refractivity contribution in [3.8, 4) is 11.4 Å². The van der Waals surface area contributed by atoms with Crippen molar-refractivity contribution < 1.29 is 0 Å². The summed E-state index contributed by atoms with van der Waals surface area (Å²) in [5.41, 5.74) is 1.04. The molecule has 0 saturated heterocycles. The van der Waals surface area contributed by atoms with E-state index in [2.05, 4.69) is 38.0 Å². The predicted octanol–water partition coefficient (Wildman–Crippen LogP) is 3.19. The third-order valence-electron chi connectivity index (χ3n) is 2.12. The van der Waals surface area contributed by atoms with Crippen LogP contribution in [0.25, 0.3) is 11.4 Å². The van der Waals surface area contributed by atoms with Crippen LogP contribution in [0.1, 0.15) is 19.2 Å². The summed E-state index contributed by atoms with van der Waals surface area (Å²) in [4.78, 5) is 4.42. The lowest BCUT2D eigenvalue weighted by Crippen LogP contribution is -1.85. The number of aryl methyl sites for hydroxylation is 1. The van der Waals surface area contributed by atoms with E-state index in [9.17, 15) is 0 Å². The van der Waals surface area contributed by atoms with E-state index in [1.807, 2.05) is 24.3 Å². The highest BCUT2D eigenvalue weighted by Crippen LogP contribution is 2.18. The molecule has 0 bridgehead atoms. The van der Waals surface area contributed by atoms with Gasteiger partial charge in [0.15, 0.2) is 5.82 Å². The molecule has 2 aromatic rings. The maximum atomic E-state index is 4.42. The normalized spacial score (nSPS) is 10.5. The Hall–Kier alpha value is -1.16. The number of hydrogen-bond acceptors (Lipinski definition) is 2. The first-order chi connectivity index (χ1) is 7.29. The van der Waals surface area contributed by atoms with Gasteiger partial charge in [-0.3, -0.25) is 5.10 Å². The zero-order chi connectivity index (χ0) is 10.7. The summed E-state index contributed by atoms with van der Waals surface area (Å²) < 4.78 is 1.07. The largest absolute Gasteiger partial charge is 0.263 e. The topological polar surface area (TPSA) is 41.6 Å². The highest BCUT2D eigenvalue weighted by atomic mass is 79.9. The number of halogens is 1. The Morgan fingerprint density at radius 2 is 2.00 bits per heavy atom. The second-order valence-corrected chi connectivity index (χ2v) is 4.28. The molecule has 78 valence electrons. The molecule has 0 saturated carbocycles. The number of nitrogens with one attached hydrogen (secondary N) is 1. The minimum absolute atomic E-state index is 0.769. The Balaban J connectivity index is 2.25. The van der Waals surface area contributed by atoms with Gasteiger partial charge in [-0.25, -0.2) is 4.98 Å². The van der Waals surface area contributed by atoms with E-state index in [1.165, 1.54) is 0 Å². The summed E-state index contributed by atoms with van der Waals surface area (Å²) in [5, 5.41) is 7.13. The van der Waals surface area contributed by atoms with E-state index >= 15 is 0 Å². The fraction of sp³-hybridized carbons (Fsp3) is 0.273. The number of rotatable bonds is 3. The van der Waals surface area contributed by atoms with Gasteiger partial charge in [-0.05, 0) is 18.6 Å². The van der Waals surface area contributed by atoms with E-state index in [-0.39, 0.29) is 0 Å². The first kappa shape index (κ1) is 10.4. The third-order valence-corrected chi connectivity index (χ3v) is 2.65. The highest BCUT2D eigenvalue weighted by Gasteiger charge is 2.04. The van der Waals surface area contributed by atoms with E-state index in [4.69, 9.17) is 0 Å². The molecule has 0 unspecified atom stereocenters. The van der Waals surface area contributed by atoms with Crippen LogP contribution in [0, 0.1) is 0 Å². The van der Waals surface area contributed by atoms with Crippen LogP contribution in [-0.4, -0.2) is 15.2 Å². The molecule has 1 heterocycles. The molecule has 4 heteroatoms. The summed E-state index contributed by atoms with van der Waals surface area (Å²) in [6.45, 7) is 2.13. The summed E-state index contributed by atoms with van der Waals surface area (Å²) in [6.07, 6.45) is 2.03. The first-order valence-electron chi connectivity index (χ1n) is 4.97. The van der Waals surface area contributed by atoms with Gasteiger partial charge in [-0.2, -0.15) is 5.10 Å². The highest BCUT2D eigenvalue weighted by molar-refractivity contribution is 9.10. The summed E-state index contributed by atoms with van der Waals surface area (Å²) in [5.74, 6) is 1.72. The van der Waals surface area contributed by atoms with Crippen LogP contribution in [0.4, 0.5) is 0 Å². The zero-order valence-electron chi connectivity index (χ0n) is 8.50. The van der Waals surface area contributed by atoms with Gasteiger partial charge in [-0.15, -0.1) is 0 Å². The molecule has 0 aliphatic heterocycles. The van der Waals surface area contributed by atoms with Crippen molar-refractivity contribution in [3.05, 3.63) is 34.6 Å². The molecule has 0 fully saturated rings. The van der Waals surface area contributed by atoms with Gasteiger partial charge < -0.3 is 0 Å². The smallest absolute Gasteiger partial charge is 0.181 e. The van der Waals surface area contributed by atoms with E-state index in [1.54, 1.807) is 0 Å². The standard InChI is InChI=1S/C11H12BrN3/c1-2-3-10-13-11(15-14-10)8-4-6-9(12)7-5-8/h4-7H,2-3H2,1H3,(H,13,14,15). The van der Waals surface area contributed by atoms with Gasteiger partial charge in [0.25, 0.3) is 0 Å². The van der Waals surface area contributed by atoms with Crippen molar-refractivity contribution in [1.29, 1.82) is 0 Å². The molecule has 3 nitrogen and oxygen atoms in total. The molecular formula is C11H12BrN3. The van der Waals surface area contributed by atoms with Crippen molar-refractivity contribution in [3.63, 3.8) is 0 Å². The maximum absolute atomic E-state index is 4.42. The lowest BCUT2D eigenvalue weighted by molar-refractivity contribution is 0.841. The summed E-state index contributed by atoms with van der Waals surface area (Å²) in [6, 6.07) is 7.99. The minimum atomic E-state index is 0.769. The Labute approximate surface area is 97.1 Å². The van der Waals surface area contributed by atoms with Crippen molar-refractivity contribution in [1.82, 2.24) is 15.2 Å². The van der Waals surface area contributed by atoms with Crippen LogP contribution in [0.5, 0.6) is 0 Å². The van der Waals surface area contributed by atoms with Crippen molar-refractivity contribution in [2.75, 3.05) is 0 Å². The second kappa shape index (κ2) is 4.57. The summed E-state index contributed by atoms with van der Waals surface area (Å²) >= 11 is 3.40. The molecule has 0 spiro atoms. The molecule has 0 radical (unpaired) electrons. The Bertz CT molecular complexity index is 433. The molecule has 1 aromatic carbocycles. The van der Waals surface area contributed by atoms with Crippen LogP contribution in [0.15, 0.2) is 28.7 Å². The van der Waals surface area contributed by atoms with Crippen LogP contribution < -0.4 is 0 Å². The van der Waals surface area contributed by atoms with Crippen LogP contribution in [-0.2, 0) is 6.42 Å². The molecule has 0 aliphatic carbocycles. The van der Waals surface area contributed by atoms with Crippen molar-refractivity contribution in [2.24, 2.45) is 0 Å². The van der Waals surface area contributed by atoms with Gasteiger partial charge in [0.2, 0.25) is 0 Å². The van der Waals surface area contributed by atoms with Crippen molar-refractivity contribution >= 4 is 15.9 Å². The summed E-state index contributed by atoms with van der Waals surface area (Å²) in [7, 11) is 0. The molecule has 0 amide bonds. The Kier molecular flexibility index (Phi) is 3.16. The average Bonchev–Trinajstić information content (AvgIpc) is 2.68. The van der Waals surface area contributed by atoms with Crippen LogP contribution in [0.2, 0.25) is 0 Å². The maximum Gasteiger partial charge on any atom is 0.181 e. The lowest BCUT2D eigenvalue weighted by Gasteiger charge is -1.94. The average molecular weight is 266 g/mol. The fourth-order valence-electron chi connectivity index (χ4n) is 1.37. The molecule has 1 N–H and O–H groups in total. The van der Waals surface area contributed by atoms with E-state index in [0.29, 0.717) is 0 Å². The monoisotopic (exact) mass is 265 g/mol. The lowest BCUT2D eigenvalue weighted by atomic mass is 10.2. The van der Waals surface area contributed by atoms with E-state index in [0.717, 1.165) is 34.5 Å². The molecule has 0 aliphatic rings. The van der Waals surface area contributed by atoms with E-state index < -0.39 is 0 Å². The van der Waals surface area contributed by atoms with Gasteiger partial charge >= 0.3 is 0 Å². The zero-order valence-corrected chi connectivity index (χ0v) is 10.1. The number of H-pyrrole nitrogens is 1. The fourth-order valence-corrected chi connectivity index (χ4v) is 1.64. The predicted molar refractivity (Wildman–Crippen MR) is 63.5 cm³/mol. The van der Waals surface area contributed by atoms with Gasteiger partial charge in [0.1, 0.15) is 5.82 Å². The quantitative estimate of drug-likeness (QED) is 0.926. The van der Waals surface area contributed by atoms with Gasteiger partial charge in [0, 0.05) is 16.5 Å². The van der Waals surface area contributed by atoms with Crippen LogP contribution in [0.3, 0.4) is 0 Å². The number of aromatic nitrogens is 3. The molecule has 1 aromatic heterocycles. The number of aromatic amines is 1. The number of hydrogen-bond donors (Lipinski definition) is 1. The van der Waals surface area contributed by atoms with Crippen molar-refractivity contribution in [2.45, 2.75) is 19.8 Å². The molecular weight excluding hydrogens is 254 g/mol. The Morgan fingerprint density at radius 3 is 2.67 bits per heavy atom. The Morgan fingerprint density at radius 1 is 1.27 bits per heavy atom. The SMILES string of the molecule is CCCc1nc(-c2ccc(Br)cc2)n[nH]1. The molecule has 15 heavy (non-hydrogen) atoms. The number of benzene rings is 1. The number of nitrogens with zero attached hydrogens (tertiary/aromatic N) is 2. The second-order valence-electron chi connectivity index (χ2n) is 3.36. The van der Waals surface area contributed by atoms with Crippen LogP contribution >= 0.6 is 15.9 Å². The molecule has 2 rings (SSSR count). The van der Waals surface area contributed by atoms with Gasteiger partial charge in [-0.1, -0.05) is 35.0 Å². The third kappa shape index (κ3) is 2.45. The molecule has 0 atom stereocenters. The minimum Gasteiger partial charge on any atom is -0.263 e.